The Balaban J connectivity index is 1.65. The topological polar surface area (TPSA) is 106 Å². The van der Waals surface area contributed by atoms with Crippen LogP contribution in [0.2, 0.25) is 0 Å². The molecule has 0 bridgehead atoms. The molecule has 1 heterocycles. The van der Waals surface area contributed by atoms with Crippen molar-refractivity contribution in [1.29, 1.82) is 0 Å². The van der Waals surface area contributed by atoms with Gasteiger partial charge in [-0.25, -0.2) is 13.1 Å². The molecule has 8 nitrogen and oxygen atoms in total. The van der Waals surface area contributed by atoms with Crippen molar-refractivity contribution in [3.8, 4) is 0 Å². The van der Waals surface area contributed by atoms with Gasteiger partial charge in [-0.1, -0.05) is 42.5 Å². The van der Waals surface area contributed by atoms with E-state index in [1.807, 2.05) is 30.3 Å². The van der Waals surface area contributed by atoms with Gasteiger partial charge in [0.25, 0.3) is 0 Å². The van der Waals surface area contributed by atoms with Gasteiger partial charge in [0, 0.05) is 19.2 Å². The molecule has 0 radical (unpaired) electrons. The Labute approximate surface area is 198 Å². The van der Waals surface area contributed by atoms with E-state index in [0.717, 1.165) is 5.56 Å². The SMILES string of the molecule is COC(=O)CCN(Cc1ccccc1)C(=O)/C=C/c1ccc(S(=O)(=O)NCc2ccco2)cc1. The number of hydrogen-bond acceptors (Lipinski definition) is 6. The maximum Gasteiger partial charge on any atom is 0.307 e. The number of carbonyl (C=O) groups excluding carboxylic acids is 2. The molecule has 0 saturated heterocycles. The number of ether oxygens (including phenoxy) is 1. The molecule has 0 aliphatic heterocycles. The highest BCUT2D eigenvalue weighted by atomic mass is 32.2. The van der Waals surface area contributed by atoms with E-state index in [0.29, 0.717) is 17.9 Å². The highest BCUT2D eigenvalue weighted by Gasteiger charge is 2.15. The Bertz CT molecular complexity index is 1200. The molecule has 1 aromatic heterocycles. The molecule has 3 aromatic rings. The Morgan fingerprint density at radius 3 is 2.41 bits per heavy atom. The van der Waals surface area contributed by atoms with Crippen molar-refractivity contribution in [2.45, 2.75) is 24.4 Å². The molecule has 1 N–H and O–H groups in total. The minimum atomic E-state index is -3.70. The van der Waals surface area contributed by atoms with Crippen LogP contribution < -0.4 is 4.72 Å². The van der Waals surface area contributed by atoms with Crippen molar-refractivity contribution < 1.29 is 27.2 Å². The van der Waals surface area contributed by atoms with E-state index in [1.54, 1.807) is 35.2 Å². The molecule has 0 aliphatic rings. The van der Waals surface area contributed by atoms with Crippen LogP contribution in [0.15, 0.2) is 88.4 Å². The fourth-order valence-electron chi connectivity index (χ4n) is 3.09. The van der Waals surface area contributed by atoms with Crippen molar-refractivity contribution in [2.75, 3.05) is 13.7 Å². The number of esters is 1. The molecule has 34 heavy (non-hydrogen) atoms. The molecule has 0 saturated carbocycles. The Morgan fingerprint density at radius 2 is 1.76 bits per heavy atom. The lowest BCUT2D eigenvalue weighted by Gasteiger charge is -2.21. The maximum atomic E-state index is 12.8. The second-order valence-corrected chi connectivity index (χ2v) is 9.14. The van der Waals surface area contributed by atoms with Gasteiger partial charge in [0.1, 0.15) is 5.76 Å². The van der Waals surface area contributed by atoms with Crippen LogP contribution in [0.5, 0.6) is 0 Å². The minimum absolute atomic E-state index is 0.0499. The molecule has 2 aromatic carbocycles. The molecule has 9 heteroatoms. The standard InChI is InChI=1S/C25H26N2O6S/c1-32-25(29)15-16-27(19-21-6-3-2-4-7-21)24(28)14-11-20-9-12-23(13-10-20)34(30,31)26-18-22-8-5-17-33-22/h2-14,17,26H,15-16,18-19H2,1H3/b14-11+. The number of amides is 1. The number of nitrogens with zero attached hydrogens (tertiary/aromatic N) is 1. The van der Waals surface area contributed by atoms with Crippen LogP contribution >= 0.6 is 0 Å². The van der Waals surface area contributed by atoms with Gasteiger partial charge >= 0.3 is 5.97 Å². The summed E-state index contributed by atoms with van der Waals surface area (Å²) in [4.78, 5) is 26.0. The summed E-state index contributed by atoms with van der Waals surface area (Å²) in [5.74, 6) is -0.161. The molecular weight excluding hydrogens is 456 g/mol. The number of hydrogen-bond donors (Lipinski definition) is 1. The van der Waals surface area contributed by atoms with Gasteiger partial charge in [-0.2, -0.15) is 0 Å². The molecular formula is C25H26N2O6S. The first-order chi connectivity index (χ1) is 16.4. The highest BCUT2D eigenvalue weighted by molar-refractivity contribution is 7.89. The van der Waals surface area contributed by atoms with E-state index in [1.165, 1.54) is 31.6 Å². The number of nitrogens with one attached hydrogen (secondary N) is 1. The third kappa shape index (κ3) is 7.43. The van der Waals surface area contributed by atoms with Gasteiger partial charge < -0.3 is 14.1 Å². The summed E-state index contributed by atoms with van der Waals surface area (Å²) in [6.45, 7) is 0.608. The van der Waals surface area contributed by atoms with E-state index in [4.69, 9.17) is 4.42 Å². The van der Waals surface area contributed by atoms with Crippen LogP contribution in [0.1, 0.15) is 23.3 Å². The first-order valence-electron chi connectivity index (χ1n) is 10.6. The summed E-state index contributed by atoms with van der Waals surface area (Å²) in [5, 5.41) is 0. The summed E-state index contributed by atoms with van der Waals surface area (Å²) in [7, 11) is -2.40. The normalized spacial score (nSPS) is 11.4. The molecule has 178 valence electrons. The largest absolute Gasteiger partial charge is 0.469 e. The van der Waals surface area contributed by atoms with Gasteiger partial charge in [-0.3, -0.25) is 9.59 Å². The fourth-order valence-corrected chi connectivity index (χ4v) is 4.09. The number of methoxy groups -OCH3 is 1. The van der Waals surface area contributed by atoms with E-state index < -0.39 is 16.0 Å². The number of sulfonamides is 1. The fraction of sp³-hybridized carbons (Fsp3) is 0.200. The van der Waals surface area contributed by atoms with Crippen molar-refractivity contribution in [3.63, 3.8) is 0 Å². The van der Waals surface area contributed by atoms with Crippen LogP contribution in [0.4, 0.5) is 0 Å². The van der Waals surface area contributed by atoms with E-state index in [-0.39, 0.29) is 30.3 Å². The maximum absolute atomic E-state index is 12.8. The summed E-state index contributed by atoms with van der Waals surface area (Å²) in [6, 6.07) is 19.0. The average molecular weight is 483 g/mol. The van der Waals surface area contributed by atoms with Gasteiger partial charge in [0.15, 0.2) is 0 Å². The Kier molecular flexibility index (Phi) is 8.78. The van der Waals surface area contributed by atoms with Crippen molar-refractivity contribution >= 4 is 28.0 Å². The van der Waals surface area contributed by atoms with Crippen LogP contribution in [0.3, 0.4) is 0 Å². The smallest absolute Gasteiger partial charge is 0.307 e. The van der Waals surface area contributed by atoms with Gasteiger partial charge in [0.2, 0.25) is 15.9 Å². The summed E-state index contributed by atoms with van der Waals surface area (Å²) >= 11 is 0. The van der Waals surface area contributed by atoms with Crippen molar-refractivity contribution in [3.05, 3.63) is 96.0 Å². The first kappa shape index (κ1) is 24.9. The third-order valence-corrected chi connectivity index (χ3v) is 6.38. The quantitative estimate of drug-likeness (QED) is 0.332. The first-order valence-corrected chi connectivity index (χ1v) is 12.1. The van der Waals surface area contributed by atoms with Crippen LogP contribution in [-0.2, 0) is 37.4 Å². The van der Waals surface area contributed by atoms with Crippen LogP contribution in [0, 0.1) is 0 Å². The monoisotopic (exact) mass is 482 g/mol. The Morgan fingerprint density at radius 1 is 1.03 bits per heavy atom. The van der Waals surface area contributed by atoms with E-state index >= 15 is 0 Å². The third-order valence-electron chi connectivity index (χ3n) is 4.97. The number of carbonyl (C=O) groups is 2. The van der Waals surface area contributed by atoms with Gasteiger partial charge in [-0.15, -0.1) is 0 Å². The zero-order valence-electron chi connectivity index (χ0n) is 18.7. The summed E-state index contributed by atoms with van der Waals surface area (Å²) in [5.41, 5.74) is 1.59. The molecule has 0 unspecified atom stereocenters. The number of rotatable bonds is 11. The molecule has 0 aliphatic carbocycles. The number of benzene rings is 2. The zero-order chi connectivity index (χ0) is 24.4. The van der Waals surface area contributed by atoms with Gasteiger partial charge in [-0.05, 0) is 41.5 Å². The van der Waals surface area contributed by atoms with Crippen molar-refractivity contribution in [2.24, 2.45) is 0 Å². The van der Waals surface area contributed by atoms with E-state index in [9.17, 15) is 18.0 Å². The van der Waals surface area contributed by atoms with Gasteiger partial charge in [0.05, 0.1) is 31.2 Å². The molecule has 0 atom stereocenters. The second-order valence-electron chi connectivity index (χ2n) is 7.38. The Hall–Kier alpha value is -3.69. The molecule has 1 amide bonds. The predicted molar refractivity (Wildman–Crippen MR) is 127 cm³/mol. The van der Waals surface area contributed by atoms with Crippen LogP contribution in [-0.4, -0.2) is 38.8 Å². The summed E-state index contributed by atoms with van der Waals surface area (Å²) in [6.07, 6.45) is 4.56. The zero-order valence-corrected chi connectivity index (χ0v) is 19.5. The lowest BCUT2D eigenvalue weighted by atomic mass is 10.2. The summed E-state index contributed by atoms with van der Waals surface area (Å²) < 4.78 is 37.2. The average Bonchev–Trinajstić information content (AvgIpc) is 3.38. The van der Waals surface area contributed by atoms with Crippen LogP contribution in [0.25, 0.3) is 6.08 Å². The predicted octanol–water partition coefficient (Wildman–Crippen LogP) is 3.36. The van der Waals surface area contributed by atoms with Crippen molar-refractivity contribution in [1.82, 2.24) is 9.62 Å². The lowest BCUT2D eigenvalue weighted by Crippen LogP contribution is -2.31. The second kappa shape index (κ2) is 12.0. The molecule has 0 spiro atoms. The highest BCUT2D eigenvalue weighted by Crippen LogP contribution is 2.13. The minimum Gasteiger partial charge on any atom is -0.469 e. The van der Waals surface area contributed by atoms with E-state index in [2.05, 4.69) is 9.46 Å². The molecule has 0 fully saturated rings. The molecule has 3 rings (SSSR count). The lowest BCUT2D eigenvalue weighted by molar-refractivity contribution is -0.141. The number of furan rings is 1.